The lowest BCUT2D eigenvalue weighted by atomic mass is 10.2. The molecule has 2 heteroatoms. The summed E-state index contributed by atoms with van der Waals surface area (Å²) in [5.74, 6) is 0. The van der Waals surface area contributed by atoms with Crippen molar-refractivity contribution in [2.45, 2.75) is 23.5 Å². The van der Waals surface area contributed by atoms with Gasteiger partial charge in [0.15, 0.2) is 0 Å². The van der Waals surface area contributed by atoms with E-state index in [4.69, 9.17) is 0 Å². The molecule has 7 heavy (non-hydrogen) atoms. The lowest BCUT2D eigenvalue weighted by Gasteiger charge is -1.94. The van der Waals surface area contributed by atoms with Crippen molar-refractivity contribution in [1.29, 1.82) is 0 Å². The molecule has 0 spiro atoms. The predicted molar refractivity (Wildman–Crippen MR) is 32.9 cm³/mol. The summed E-state index contributed by atoms with van der Waals surface area (Å²) in [6, 6.07) is 0. The summed E-state index contributed by atoms with van der Waals surface area (Å²) in [5, 5.41) is 1.61. The van der Waals surface area contributed by atoms with Gasteiger partial charge in [-0.3, -0.25) is 4.99 Å². The van der Waals surface area contributed by atoms with Crippen LogP contribution in [0.3, 0.4) is 0 Å². The average Bonchev–Trinajstić information content (AvgIpc) is 2.41. The summed E-state index contributed by atoms with van der Waals surface area (Å²) >= 11 is 2.00. The van der Waals surface area contributed by atoms with Crippen molar-refractivity contribution in [2.75, 3.05) is 0 Å². The molecule has 0 aromatic rings. The molecule has 1 fully saturated rings. The maximum absolute atomic E-state index is 4.24. The first-order valence-electron chi connectivity index (χ1n) is 2.64. The lowest BCUT2D eigenvalue weighted by molar-refractivity contribution is 0.805. The van der Waals surface area contributed by atoms with E-state index in [2.05, 4.69) is 11.2 Å². The van der Waals surface area contributed by atoms with Gasteiger partial charge in [0.05, 0.1) is 0 Å². The monoisotopic (exact) mass is 113 g/mol. The second kappa shape index (κ2) is 1.25. The van der Waals surface area contributed by atoms with Crippen molar-refractivity contribution >= 4 is 18.0 Å². The molecular weight excluding hydrogens is 106 g/mol. The largest absolute Gasteiger partial charge is 0.282 e. The van der Waals surface area contributed by atoms with Crippen LogP contribution in [0.4, 0.5) is 0 Å². The van der Waals surface area contributed by atoms with Gasteiger partial charge in [-0.15, -0.1) is 11.8 Å². The highest BCUT2D eigenvalue weighted by Gasteiger charge is 2.38. The molecule has 2 heterocycles. The van der Waals surface area contributed by atoms with Crippen molar-refractivity contribution in [3.05, 3.63) is 0 Å². The SMILES string of the molecule is C1=NC2SC2CC1. The highest BCUT2D eigenvalue weighted by atomic mass is 32.2. The Labute approximate surface area is 47.2 Å². The summed E-state index contributed by atoms with van der Waals surface area (Å²) in [4.78, 5) is 4.24. The number of fused-ring (bicyclic) bond motifs is 1. The zero-order valence-electron chi connectivity index (χ0n) is 4.00. The molecule has 0 aromatic carbocycles. The van der Waals surface area contributed by atoms with Crippen LogP contribution >= 0.6 is 11.8 Å². The highest BCUT2D eigenvalue weighted by Crippen LogP contribution is 2.46. The molecule has 1 nitrogen and oxygen atoms in total. The molecule has 0 radical (unpaired) electrons. The van der Waals surface area contributed by atoms with Gasteiger partial charge in [-0.1, -0.05) is 0 Å². The quantitative estimate of drug-likeness (QED) is 0.431. The molecule has 0 amide bonds. The van der Waals surface area contributed by atoms with E-state index in [1.54, 1.807) is 0 Å². The number of rotatable bonds is 0. The molecule has 2 rings (SSSR count). The Bertz CT molecular complexity index is 111. The fraction of sp³-hybridized carbons (Fsp3) is 0.800. The van der Waals surface area contributed by atoms with Gasteiger partial charge in [-0.05, 0) is 12.8 Å². The zero-order chi connectivity index (χ0) is 4.69. The fourth-order valence-corrected chi connectivity index (χ4v) is 1.80. The number of aliphatic imine (C=N–C) groups is 1. The molecule has 38 valence electrons. The van der Waals surface area contributed by atoms with Gasteiger partial charge in [0.1, 0.15) is 5.37 Å². The van der Waals surface area contributed by atoms with Crippen molar-refractivity contribution in [3.63, 3.8) is 0 Å². The van der Waals surface area contributed by atoms with Crippen LogP contribution in [-0.4, -0.2) is 16.8 Å². The van der Waals surface area contributed by atoms with E-state index >= 15 is 0 Å². The fourth-order valence-electron chi connectivity index (χ4n) is 0.893. The molecule has 0 aliphatic carbocycles. The molecule has 2 aliphatic heterocycles. The van der Waals surface area contributed by atoms with E-state index in [0.717, 1.165) is 5.25 Å². The first-order chi connectivity index (χ1) is 3.47. The van der Waals surface area contributed by atoms with Crippen molar-refractivity contribution in [1.82, 2.24) is 0 Å². The standard InChI is InChI=1S/C5H7NS/c1-2-4-5(7-4)6-3-1/h3-5H,1-2H2. The molecule has 0 saturated carbocycles. The zero-order valence-corrected chi connectivity index (χ0v) is 4.82. The highest BCUT2D eigenvalue weighted by molar-refractivity contribution is 8.07. The first-order valence-corrected chi connectivity index (χ1v) is 3.58. The van der Waals surface area contributed by atoms with Crippen LogP contribution in [-0.2, 0) is 0 Å². The van der Waals surface area contributed by atoms with Crippen molar-refractivity contribution < 1.29 is 0 Å². The minimum atomic E-state index is 0.689. The second-order valence-electron chi connectivity index (χ2n) is 1.97. The maximum atomic E-state index is 4.24. The third kappa shape index (κ3) is 0.574. The topological polar surface area (TPSA) is 12.4 Å². The number of hydrogen-bond donors (Lipinski definition) is 0. The maximum Gasteiger partial charge on any atom is 0.107 e. The first kappa shape index (κ1) is 3.96. The minimum absolute atomic E-state index is 0.689. The Morgan fingerprint density at radius 1 is 1.71 bits per heavy atom. The van der Waals surface area contributed by atoms with Crippen LogP contribution in [0.2, 0.25) is 0 Å². The van der Waals surface area contributed by atoms with E-state index in [9.17, 15) is 0 Å². The van der Waals surface area contributed by atoms with E-state index in [1.807, 2.05) is 11.8 Å². The summed E-state index contributed by atoms with van der Waals surface area (Å²) in [6.45, 7) is 0. The van der Waals surface area contributed by atoms with Crippen LogP contribution in [0.15, 0.2) is 4.99 Å². The van der Waals surface area contributed by atoms with Gasteiger partial charge in [-0.25, -0.2) is 0 Å². The summed E-state index contributed by atoms with van der Waals surface area (Å²) in [5.41, 5.74) is 0. The van der Waals surface area contributed by atoms with Gasteiger partial charge >= 0.3 is 0 Å². The molecule has 2 aliphatic rings. The van der Waals surface area contributed by atoms with Crippen LogP contribution in [0, 0.1) is 0 Å². The smallest absolute Gasteiger partial charge is 0.107 e. The van der Waals surface area contributed by atoms with E-state index in [1.165, 1.54) is 12.8 Å². The van der Waals surface area contributed by atoms with Gasteiger partial charge in [-0.2, -0.15) is 0 Å². The molecule has 0 aromatic heterocycles. The molecule has 2 unspecified atom stereocenters. The molecular formula is C5H7NS. The lowest BCUT2D eigenvalue weighted by Crippen LogP contribution is -1.97. The molecule has 2 atom stereocenters. The van der Waals surface area contributed by atoms with Crippen LogP contribution in [0.1, 0.15) is 12.8 Å². The Morgan fingerprint density at radius 3 is 3.29 bits per heavy atom. The third-order valence-electron chi connectivity index (χ3n) is 1.39. The summed E-state index contributed by atoms with van der Waals surface area (Å²) in [7, 11) is 0. The van der Waals surface area contributed by atoms with E-state index in [0.29, 0.717) is 5.37 Å². The Kier molecular flexibility index (Phi) is 0.706. The van der Waals surface area contributed by atoms with Crippen LogP contribution in [0.5, 0.6) is 0 Å². The number of hydrogen-bond acceptors (Lipinski definition) is 2. The predicted octanol–water partition coefficient (Wildman–Crippen LogP) is 1.29. The third-order valence-corrected chi connectivity index (χ3v) is 2.65. The van der Waals surface area contributed by atoms with E-state index < -0.39 is 0 Å². The van der Waals surface area contributed by atoms with Gasteiger partial charge in [0.25, 0.3) is 0 Å². The van der Waals surface area contributed by atoms with Gasteiger partial charge in [0.2, 0.25) is 0 Å². The average molecular weight is 113 g/mol. The van der Waals surface area contributed by atoms with E-state index in [-0.39, 0.29) is 0 Å². The summed E-state index contributed by atoms with van der Waals surface area (Å²) in [6.07, 6.45) is 4.65. The van der Waals surface area contributed by atoms with Crippen LogP contribution in [0.25, 0.3) is 0 Å². The second-order valence-corrected chi connectivity index (χ2v) is 3.33. The Hall–Kier alpha value is 0.0200. The molecule has 1 saturated heterocycles. The Morgan fingerprint density at radius 2 is 2.71 bits per heavy atom. The molecule has 0 N–H and O–H groups in total. The number of thioether (sulfide) groups is 1. The molecule has 0 bridgehead atoms. The van der Waals surface area contributed by atoms with Gasteiger partial charge < -0.3 is 0 Å². The minimum Gasteiger partial charge on any atom is -0.282 e. The van der Waals surface area contributed by atoms with Crippen molar-refractivity contribution in [2.24, 2.45) is 4.99 Å². The summed E-state index contributed by atoms with van der Waals surface area (Å²) < 4.78 is 0. The van der Waals surface area contributed by atoms with Crippen LogP contribution < -0.4 is 0 Å². The van der Waals surface area contributed by atoms with Gasteiger partial charge in [0, 0.05) is 11.5 Å². The Balaban J connectivity index is 2.14. The normalized spacial score (nSPS) is 45.7. The van der Waals surface area contributed by atoms with Crippen molar-refractivity contribution in [3.8, 4) is 0 Å². The number of nitrogens with zero attached hydrogens (tertiary/aromatic N) is 1.